The number of alkyl halides is 3. The molecular formula is C14H22F3NO2. The van der Waals surface area contributed by atoms with E-state index in [1.807, 2.05) is 0 Å². The summed E-state index contributed by atoms with van der Waals surface area (Å²) < 4.78 is 39.4. The highest BCUT2D eigenvalue weighted by molar-refractivity contribution is 5.76. The number of likely N-dealkylation sites (tertiary alicyclic amines) is 1. The standard InChI is InChI=1S/C14H22F3NO2/c1-2-10-4-3-5-11(8-10)18-7-6-13(9-18,12(19)20)14(15,16)17/h10-11H,2-9H2,1H3,(H,19,20). The third kappa shape index (κ3) is 2.67. The van der Waals surface area contributed by atoms with Gasteiger partial charge in [0.25, 0.3) is 0 Å². The second-order valence-electron chi connectivity index (χ2n) is 6.20. The van der Waals surface area contributed by atoms with Crippen LogP contribution in [0.25, 0.3) is 0 Å². The number of carboxylic acid groups (broad SMARTS) is 1. The van der Waals surface area contributed by atoms with Crippen molar-refractivity contribution in [1.82, 2.24) is 4.90 Å². The fraction of sp³-hybridized carbons (Fsp3) is 0.929. The highest BCUT2D eigenvalue weighted by Crippen LogP contribution is 2.47. The number of hydrogen-bond donors (Lipinski definition) is 1. The Kier molecular flexibility index (Phi) is 4.33. The molecule has 1 heterocycles. The Morgan fingerprint density at radius 2 is 2.10 bits per heavy atom. The maximum atomic E-state index is 13.1. The zero-order valence-corrected chi connectivity index (χ0v) is 11.7. The van der Waals surface area contributed by atoms with Crippen LogP contribution in [0.4, 0.5) is 13.2 Å². The van der Waals surface area contributed by atoms with E-state index < -0.39 is 17.6 Å². The van der Waals surface area contributed by atoms with Crippen molar-refractivity contribution in [2.24, 2.45) is 11.3 Å². The molecule has 0 radical (unpaired) electrons. The van der Waals surface area contributed by atoms with Gasteiger partial charge in [-0.2, -0.15) is 13.2 Å². The molecule has 2 fully saturated rings. The summed E-state index contributed by atoms with van der Waals surface area (Å²) in [6, 6.07) is 0.122. The van der Waals surface area contributed by atoms with Gasteiger partial charge in [-0.1, -0.05) is 26.2 Å². The second-order valence-corrected chi connectivity index (χ2v) is 6.20. The number of halogens is 3. The van der Waals surface area contributed by atoms with Crippen LogP contribution in [0.2, 0.25) is 0 Å². The van der Waals surface area contributed by atoms with Crippen molar-refractivity contribution in [1.29, 1.82) is 0 Å². The minimum absolute atomic E-state index is 0.122. The highest BCUT2D eigenvalue weighted by atomic mass is 19.4. The van der Waals surface area contributed by atoms with Crippen molar-refractivity contribution >= 4 is 5.97 Å². The Bertz CT molecular complexity index is 372. The molecular weight excluding hydrogens is 271 g/mol. The van der Waals surface area contributed by atoms with Gasteiger partial charge >= 0.3 is 12.1 Å². The lowest BCUT2D eigenvalue weighted by atomic mass is 9.83. The van der Waals surface area contributed by atoms with E-state index in [4.69, 9.17) is 5.11 Å². The molecule has 2 aliphatic rings. The Labute approximate surface area is 117 Å². The fourth-order valence-corrected chi connectivity index (χ4v) is 3.64. The molecule has 3 atom stereocenters. The van der Waals surface area contributed by atoms with Crippen molar-refractivity contribution in [2.45, 2.75) is 57.7 Å². The van der Waals surface area contributed by atoms with Gasteiger partial charge in [-0.05, 0) is 31.7 Å². The van der Waals surface area contributed by atoms with E-state index in [1.54, 1.807) is 4.90 Å². The summed E-state index contributed by atoms with van der Waals surface area (Å²) in [6.45, 7) is 1.97. The van der Waals surface area contributed by atoms with Crippen LogP contribution in [0.3, 0.4) is 0 Å². The van der Waals surface area contributed by atoms with E-state index in [0.717, 1.165) is 32.1 Å². The first-order valence-electron chi connectivity index (χ1n) is 7.34. The van der Waals surface area contributed by atoms with E-state index >= 15 is 0 Å². The maximum absolute atomic E-state index is 13.1. The van der Waals surface area contributed by atoms with Gasteiger partial charge in [-0.25, -0.2) is 0 Å². The van der Waals surface area contributed by atoms with Crippen LogP contribution in [0.15, 0.2) is 0 Å². The molecule has 0 spiro atoms. The first kappa shape index (κ1) is 15.6. The SMILES string of the molecule is CCC1CCCC(N2CCC(C(=O)O)(C(F)(F)F)C2)C1. The van der Waals surface area contributed by atoms with Gasteiger partial charge in [0, 0.05) is 12.6 Å². The Morgan fingerprint density at radius 3 is 2.60 bits per heavy atom. The molecule has 1 N–H and O–H groups in total. The topological polar surface area (TPSA) is 40.5 Å². The number of rotatable bonds is 3. The number of hydrogen-bond acceptors (Lipinski definition) is 2. The summed E-state index contributed by atoms with van der Waals surface area (Å²) in [5.74, 6) is -1.16. The summed E-state index contributed by atoms with van der Waals surface area (Å²) in [7, 11) is 0. The normalized spacial score (nSPS) is 36.2. The number of carbonyl (C=O) groups is 1. The average Bonchev–Trinajstić information content (AvgIpc) is 2.85. The van der Waals surface area contributed by atoms with Crippen LogP contribution >= 0.6 is 0 Å². The molecule has 6 heteroatoms. The molecule has 2 rings (SSSR count). The van der Waals surface area contributed by atoms with Crippen molar-refractivity contribution in [2.75, 3.05) is 13.1 Å². The molecule has 0 aromatic carbocycles. The highest BCUT2D eigenvalue weighted by Gasteiger charge is 2.64. The first-order chi connectivity index (χ1) is 9.30. The summed E-state index contributed by atoms with van der Waals surface area (Å²) in [4.78, 5) is 12.9. The van der Waals surface area contributed by atoms with Crippen molar-refractivity contribution in [3.8, 4) is 0 Å². The molecule has 0 aromatic rings. The van der Waals surface area contributed by atoms with Crippen LogP contribution in [-0.4, -0.2) is 41.3 Å². The van der Waals surface area contributed by atoms with E-state index in [-0.39, 0.29) is 25.6 Å². The van der Waals surface area contributed by atoms with Crippen LogP contribution in [-0.2, 0) is 4.79 Å². The molecule has 0 bridgehead atoms. The van der Waals surface area contributed by atoms with Gasteiger partial charge in [-0.3, -0.25) is 9.69 Å². The number of carboxylic acids is 1. The molecule has 116 valence electrons. The third-order valence-electron chi connectivity index (χ3n) is 5.10. The predicted molar refractivity (Wildman–Crippen MR) is 68.4 cm³/mol. The second kappa shape index (κ2) is 5.54. The zero-order chi connectivity index (χ0) is 15.0. The first-order valence-corrected chi connectivity index (χ1v) is 7.34. The van der Waals surface area contributed by atoms with Crippen LogP contribution in [0.1, 0.15) is 45.4 Å². The third-order valence-corrected chi connectivity index (χ3v) is 5.10. The molecule has 1 aliphatic carbocycles. The lowest BCUT2D eigenvalue weighted by Crippen LogP contribution is -2.48. The molecule has 0 aromatic heterocycles. The average molecular weight is 293 g/mol. The molecule has 1 aliphatic heterocycles. The van der Waals surface area contributed by atoms with Crippen molar-refractivity contribution in [3.05, 3.63) is 0 Å². The molecule has 1 saturated heterocycles. The number of aliphatic carboxylic acids is 1. The summed E-state index contributed by atoms with van der Waals surface area (Å²) in [5.41, 5.74) is -2.56. The molecule has 0 amide bonds. The maximum Gasteiger partial charge on any atom is 0.406 e. The van der Waals surface area contributed by atoms with E-state index in [2.05, 4.69) is 6.92 Å². The quantitative estimate of drug-likeness (QED) is 0.868. The zero-order valence-electron chi connectivity index (χ0n) is 11.7. The van der Waals surface area contributed by atoms with Gasteiger partial charge < -0.3 is 5.11 Å². The minimum atomic E-state index is -4.67. The van der Waals surface area contributed by atoms with Gasteiger partial charge in [0.2, 0.25) is 0 Å². The molecule has 3 unspecified atom stereocenters. The molecule has 3 nitrogen and oxygen atoms in total. The summed E-state index contributed by atoms with van der Waals surface area (Å²) in [5, 5.41) is 9.07. The van der Waals surface area contributed by atoms with Crippen molar-refractivity contribution in [3.63, 3.8) is 0 Å². The lowest BCUT2D eigenvalue weighted by Gasteiger charge is -2.36. The summed E-state index contributed by atoms with van der Waals surface area (Å²) >= 11 is 0. The van der Waals surface area contributed by atoms with Crippen LogP contribution < -0.4 is 0 Å². The minimum Gasteiger partial charge on any atom is -0.481 e. The van der Waals surface area contributed by atoms with Crippen LogP contribution in [0, 0.1) is 11.3 Å². The van der Waals surface area contributed by atoms with Gasteiger partial charge in [0.15, 0.2) is 5.41 Å². The Morgan fingerprint density at radius 1 is 1.40 bits per heavy atom. The van der Waals surface area contributed by atoms with E-state index in [1.165, 1.54) is 0 Å². The van der Waals surface area contributed by atoms with Crippen LogP contribution in [0.5, 0.6) is 0 Å². The summed E-state index contributed by atoms with van der Waals surface area (Å²) in [6.07, 6.45) is 0.0310. The van der Waals surface area contributed by atoms with Gasteiger partial charge in [0.05, 0.1) is 0 Å². The Hall–Kier alpha value is -0.780. The monoisotopic (exact) mass is 293 g/mol. The smallest absolute Gasteiger partial charge is 0.406 e. The lowest BCUT2D eigenvalue weighted by molar-refractivity contribution is -0.228. The largest absolute Gasteiger partial charge is 0.481 e. The van der Waals surface area contributed by atoms with Crippen molar-refractivity contribution < 1.29 is 23.1 Å². The van der Waals surface area contributed by atoms with E-state index in [9.17, 15) is 18.0 Å². The Balaban J connectivity index is 2.09. The van der Waals surface area contributed by atoms with Gasteiger partial charge in [0.1, 0.15) is 0 Å². The molecule has 20 heavy (non-hydrogen) atoms. The van der Waals surface area contributed by atoms with E-state index in [0.29, 0.717) is 5.92 Å². The fourth-order valence-electron chi connectivity index (χ4n) is 3.64. The number of nitrogens with zero attached hydrogens (tertiary/aromatic N) is 1. The van der Waals surface area contributed by atoms with Gasteiger partial charge in [-0.15, -0.1) is 0 Å². The molecule has 1 saturated carbocycles. The predicted octanol–water partition coefficient (Wildman–Crippen LogP) is 3.29.